The second-order valence-corrected chi connectivity index (χ2v) is 9.07. The van der Waals surface area contributed by atoms with Crippen molar-refractivity contribution < 1.29 is 18.0 Å². The first kappa shape index (κ1) is 19.3. The number of sulfone groups is 1. The highest BCUT2D eigenvalue weighted by molar-refractivity contribution is 7.92. The lowest BCUT2D eigenvalue weighted by molar-refractivity contribution is -0.152. The maximum absolute atomic E-state index is 13.1. The fraction of sp³-hybridized carbons (Fsp3) is 0.333. The number of likely N-dealkylation sites (tertiary alicyclic amines) is 1. The van der Waals surface area contributed by atoms with E-state index in [-0.39, 0.29) is 23.8 Å². The van der Waals surface area contributed by atoms with Crippen molar-refractivity contribution in [3.63, 3.8) is 0 Å². The van der Waals surface area contributed by atoms with Crippen LogP contribution in [0.4, 0.5) is 0 Å². The SMILES string of the molecule is CCC1CC(S(=O)(=O)c2ccc(C)cc2)C(=O)N(Cc2ccccc2)C1=O. The topological polar surface area (TPSA) is 71.5 Å². The van der Waals surface area contributed by atoms with Gasteiger partial charge in [0.25, 0.3) is 0 Å². The molecule has 0 saturated carbocycles. The minimum atomic E-state index is -3.86. The number of amides is 2. The van der Waals surface area contributed by atoms with Gasteiger partial charge in [-0.25, -0.2) is 8.42 Å². The highest BCUT2D eigenvalue weighted by Crippen LogP contribution is 2.31. The van der Waals surface area contributed by atoms with Crippen LogP contribution < -0.4 is 0 Å². The summed E-state index contributed by atoms with van der Waals surface area (Å²) in [6.07, 6.45) is 0.535. The fourth-order valence-corrected chi connectivity index (χ4v) is 5.10. The molecule has 0 bridgehead atoms. The lowest BCUT2D eigenvalue weighted by atomic mass is 9.93. The van der Waals surface area contributed by atoms with Crippen LogP contribution in [0, 0.1) is 12.8 Å². The summed E-state index contributed by atoms with van der Waals surface area (Å²) in [5, 5.41) is -1.23. The van der Waals surface area contributed by atoms with E-state index in [1.807, 2.05) is 44.2 Å². The van der Waals surface area contributed by atoms with Crippen molar-refractivity contribution in [2.75, 3.05) is 0 Å². The molecule has 1 aliphatic rings. The number of carbonyl (C=O) groups is 2. The van der Waals surface area contributed by atoms with E-state index in [0.717, 1.165) is 16.0 Å². The Bertz CT molecular complexity index is 936. The standard InChI is InChI=1S/C21H23NO4S/c1-3-17-13-19(27(25,26)18-11-9-15(2)10-12-18)21(24)22(20(17)23)14-16-7-5-4-6-8-16/h4-12,17,19H,3,13-14H2,1-2H3. The van der Waals surface area contributed by atoms with Gasteiger partial charge in [0.1, 0.15) is 5.25 Å². The van der Waals surface area contributed by atoms with Gasteiger partial charge >= 0.3 is 0 Å². The first-order valence-electron chi connectivity index (χ1n) is 9.04. The van der Waals surface area contributed by atoms with Crippen LogP contribution >= 0.6 is 0 Å². The van der Waals surface area contributed by atoms with E-state index < -0.39 is 26.9 Å². The molecule has 5 nitrogen and oxygen atoms in total. The third-order valence-corrected chi connectivity index (χ3v) is 7.13. The van der Waals surface area contributed by atoms with Crippen molar-refractivity contribution in [2.45, 2.75) is 43.4 Å². The van der Waals surface area contributed by atoms with Crippen LogP contribution in [-0.4, -0.2) is 30.4 Å². The van der Waals surface area contributed by atoms with Crippen LogP contribution in [0.3, 0.4) is 0 Å². The van der Waals surface area contributed by atoms with Gasteiger partial charge in [-0.05, 0) is 37.5 Å². The van der Waals surface area contributed by atoms with Crippen molar-refractivity contribution in [1.82, 2.24) is 4.90 Å². The van der Waals surface area contributed by atoms with E-state index in [1.54, 1.807) is 12.1 Å². The minimum Gasteiger partial charge on any atom is -0.277 e. The van der Waals surface area contributed by atoms with Crippen molar-refractivity contribution in [3.05, 3.63) is 65.7 Å². The second kappa shape index (κ2) is 7.64. The molecule has 0 aromatic heterocycles. The van der Waals surface area contributed by atoms with E-state index in [1.165, 1.54) is 12.1 Å². The zero-order valence-corrected chi connectivity index (χ0v) is 16.3. The van der Waals surface area contributed by atoms with E-state index in [0.29, 0.717) is 6.42 Å². The normalized spacial score (nSPS) is 20.7. The number of rotatable bonds is 5. The smallest absolute Gasteiger partial charge is 0.248 e. The van der Waals surface area contributed by atoms with Gasteiger partial charge in [0.15, 0.2) is 9.84 Å². The summed E-state index contributed by atoms with van der Waals surface area (Å²) in [7, 11) is -3.86. The molecule has 142 valence electrons. The molecule has 6 heteroatoms. The molecule has 2 aromatic carbocycles. The molecule has 1 fully saturated rings. The van der Waals surface area contributed by atoms with Gasteiger partial charge in [-0.2, -0.15) is 0 Å². The summed E-state index contributed by atoms with van der Waals surface area (Å²) in [6.45, 7) is 3.80. The third-order valence-electron chi connectivity index (χ3n) is 5.06. The molecule has 0 spiro atoms. The number of hydrogen-bond donors (Lipinski definition) is 0. The number of hydrogen-bond acceptors (Lipinski definition) is 4. The second-order valence-electron chi connectivity index (χ2n) is 6.94. The monoisotopic (exact) mass is 385 g/mol. The molecule has 2 amide bonds. The Morgan fingerprint density at radius 2 is 1.59 bits per heavy atom. The van der Waals surface area contributed by atoms with Gasteiger partial charge in [0.05, 0.1) is 11.4 Å². The van der Waals surface area contributed by atoms with Gasteiger partial charge < -0.3 is 0 Å². The molecular weight excluding hydrogens is 362 g/mol. The molecule has 2 aromatic rings. The molecule has 0 radical (unpaired) electrons. The van der Waals surface area contributed by atoms with Crippen LogP contribution in [0.15, 0.2) is 59.5 Å². The van der Waals surface area contributed by atoms with Gasteiger partial charge in [-0.3, -0.25) is 14.5 Å². The molecule has 2 unspecified atom stereocenters. The Labute approximate surface area is 159 Å². The molecular formula is C21H23NO4S. The first-order valence-corrected chi connectivity index (χ1v) is 10.6. The van der Waals surface area contributed by atoms with Crippen molar-refractivity contribution >= 4 is 21.7 Å². The molecule has 1 heterocycles. The Balaban J connectivity index is 1.96. The number of imide groups is 1. The number of nitrogens with zero attached hydrogens (tertiary/aromatic N) is 1. The van der Waals surface area contributed by atoms with Crippen molar-refractivity contribution in [3.8, 4) is 0 Å². The molecule has 1 aliphatic heterocycles. The molecule has 3 rings (SSSR count). The fourth-order valence-electron chi connectivity index (χ4n) is 3.38. The van der Waals surface area contributed by atoms with E-state index in [2.05, 4.69) is 0 Å². The summed E-state index contributed by atoms with van der Waals surface area (Å²) in [5.41, 5.74) is 1.73. The Kier molecular flexibility index (Phi) is 5.46. The van der Waals surface area contributed by atoms with E-state index in [9.17, 15) is 18.0 Å². The largest absolute Gasteiger partial charge is 0.277 e. The average Bonchev–Trinajstić information content (AvgIpc) is 2.66. The number of carbonyl (C=O) groups excluding carboxylic acids is 2. The van der Waals surface area contributed by atoms with Crippen molar-refractivity contribution in [1.29, 1.82) is 0 Å². The van der Waals surface area contributed by atoms with Crippen LogP contribution in [0.5, 0.6) is 0 Å². The summed E-state index contributed by atoms with van der Waals surface area (Å²) < 4.78 is 26.2. The predicted octanol–water partition coefficient (Wildman–Crippen LogP) is 3.12. The summed E-state index contributed by atoms with van der Waals surface area (Å²) in [5.74, 6) is -1.40. The number of piperidine rings is 1. The molecule has 27 heavy (non-hydrogen) atoms. The third kappa shape index (κ3) is 3.81. The maximum atomic E-state index is 13.1. The number of aryl methyl sites for hydroxylation is 1. The average molecular weight is 385 g/mol. The Hall–Kier alpha value is -2.47. The Morgan fingerprint density at radius 1 is 0.963 bits per heavy atom. The maximum Gasteiger partial charge on any atom is 0.248 e. The molecule has 2 atom stereocenters. The predicted molar refractivity (Wildman–Crippen MR) is 103 cm³/mol. The van der Waals surface area contributed by atoms with Gasteiger partial charge in [-0.1, -0.05) is 55.0 Å². The number of benzene rings is 2. The summed E-state index contributed by atoms with van der Waals surface area (Å²) in [6, 6.07) is 15.6. The van der Waals surface area contributed by atoms with Crippen LogP contribution in [0.2, 0.25) is 0 Å². The first-order chi connectivity index (χ1) is 12.8. The quantitative estimate of drug-likeness (QED) is 0.742. The minimum absolute atomic E-state index is 0.0374. The van der Waals surface area contributed by atoms with Crippen LogP contribution in [0.1, 0.15) is 30.9 Å². The highest BCUT2D eigenvalue weighted by atomic mass is 32.2. The lowest BCUT2D eigenvalue weighted by Gasteiger charge is -2.35. The van der Waals surface area contributed by atoms with E-state index in [4.69, 9.17) is 0 Å². The van der Waals surface area contributed by atoms with Crippen LogP contribution in [0.25, 0.3) is 0 Å². The molecule has 0 aliphatic carbocycles. The van der Waals surface area contributed by atoms with Gasteiger partial charge in [0, 0.05) is 5.92 Å². The van der Waals surface area contributed by atoms with Crippen LogP contribution in [-0.2, 0) is 26.0 Å². The Morgan fingerprint density at radius 3 is 2.19 bits per heavy atom. The van der Waals surface area contributed by atoms with E-state index >= 15 is 0 Å². The van der Waals surface area contributed by atoms with Crippen molar-refractivity contribution in [2.24, 2.45) is 5.92 Å². The highest BCUT2D eigenvalue weighted by Gasteiger charge is 2.46. The molecule has 0 N–H and O–H groups in total. The zero-order valence-electron chi connectivity index (χ0n) is 15.5. The molecule has 1 saturated heterocycles. The zero-order chi connectivity index (χ0) is 19.6. The lowest BCUT2D eigenvalue weighted by Crippen LogP contribution is -2.53. The van der Waals surface area contributed by atoms with Gasteiger partial charge in [0.2, 0.25) is 11.8 Å². The summed E-state index contributed by atoms with van der Waals surface area (Å²) >= 11 is 0. The van der Waals surface area contributed by atoms with Gasteiger partial charge in [-0.15, -0.1) is 0 Å². The summed E-state index contributed by atoms with van der Waals surface area (Å²) in [4.78, 5) is 27.0.